The predicted octanol–water partition coefficient (Wildman–Crippen LogP) is 1.49. The summed E-state index contributed by atoms with van der Waals surface area (Å²) in [5.41, 5.74) is 4.07. The number of aromatic nitrogens is 4. The second-order valence-electron chi connectivity index (χ2n) is 8.68. The molecule has 2 aromatic carbocycles. The average Bonchev–Trinajstić information content (AvgIpc) is 3.49. The number of anilines is 2. The topological polar surface area (TPSA) is 137 Å². The van der Waals surface area contributed by atoms with Gasteiger partial charge in [0, 0.05) is 11.8 Å². The maximum atomic E-state index is 12.9. The molecule has 1 aliphatic rings. The zero-order valence-corrected chi connectivity index (χ0v) is 19.6. The third kappa shape index (κ3) is 5.04. The molecule has 1 aliphatic heterocycles. The number of H-pyrrole nitrogens is 2. The smallest absolute Gasteiger partial charge is 0.276 e. The SMILES string of the molecule is Bc1ccc(C)c(NC(=O)c2nc[nH]c2C(=O)Nc2nc3cc(OC4CCNCC4)ccc3[nH]2)c1. The number of benzene rings is 2. The van der Waals surface area contributed by atoms with Gasteiger partial charge in [-0.15, -0.1) is 0 Å². The number of nitrogens with zero attached hydrogens (tertiary/aromatic N) is 2. The van der Waals surface area contributed by atoms with Crippen molar-refractivity contribution in [1.82, 2.24) is 25.3 Å². The lowest BCUT2D eigenvalue weighted by atomic mass is 9.94. The van der Waals surface area contributed by atoms with Crippen LogP contribution in [0.3, 0.4) is 0 Å². The number of nitrogens with one attached hydrogen (secondary N) is 5. The molecule has 11 heteroatoms. The Morgan fingerprint density at radius 3 is 2.74 bits per heavy atom. The van der Waals surface area contributed by atoms with E-state index in [1.165, 1.54) is 6.33 Å². The monoisotopic (exact) mass is 471 g/mol. The first-order valence-electron chi connectivity index (χ1n) is 11.6. The molecular formula is C24H26BN7O3. The van der Waals surface area contributed by atoms with Gasteiger partial charge in [-0.25, -0.2) is 9.97 Å². The molecule has 178 valence electrons. The van der Waals surface area contributed by atoms with E-state index in [0.717, 1.165) is 48.2 Å². The van der Waals surface area contributed by atoms with Gasteiger partial charge in [-0.3, -0.25) is 14.9 Å². The number of hydrogen-bond donors (Lipinski definition) is 5. The Morgan fingerprint density at radius 2 is 1.91 bits per heavy atom. The summed E-state index contributed by atoms with van der Waals surface area (Å²) in [6.45, 7) is 3.80. The standard InChI is InChI=1S/C24H26BN7O3/c1-13-2-3-14(25)10-18(13)29-22(33)20-21(28-12-27-20)23(34)32-24-30-17-5-4-16(11-19(17)31-24)35-15-6-8-26-9-7-15/h2-5,10-12,15,26H,6-9,25H2,1H3,(H,27,28)(H,29,33)(H2,30,31,32,34). The molecule has 3 heterocycles. The van der Waals surface area contributed by atoms with E-state index in [0.29, 0.717) is 11.2 Å². The highest BCUT2D eigenvalue weighted by atomic mass is 16.5. The Bertz CT molecular complexity index is 1390. The van der Waals surface area contributed by atoms with Gasteiger partial charge < -0.3 is 25.3 Å². The summed E-state index contributed by atoms with van der Waals surface area (Å²) >= 11 is 0. The summed E-state index contributed by atoms with van der Waals surface area (Å²) in [7, 11) is 1.94. The van der Waals surface area contributed by atoms with Crippen molar-refractivity contribution in [3.05, 3.63) is 59.7 Å². The highest BCUT2D eigenvalue weighted by molar-refractivity contribution is 6.32. The van der Waals surface area contributed by atoms with Crippen LogP contribution in [0, 0.1) is 6.92 Å². The van der Waals surface area contributed by atoms with Crippen LogP contribution >= 0.6 is 0 Å². The van der Waals surface area contributed by atoms with E-state index >= 15 is 0 Å². The molecule has 0 saturated carbocycles. The maximum absolute atomic E-state index is 12.9. The molecule has 1 fully saturated rings. The van der Waals surface area contributed by atoms with Crippen molar-refractivity contribution < 1.29 is 14.3 Å². The zero-order valence-electron chi connectivity index (χ0n) is 19.6. The van der Waals surface area contributed by atoms with Gasteiger partial charge in [-0.1, -0.05) is 17.6 Å². The lowest BCUT2D eigenvalue weighted by Crippen LogP contribution is -2.34. The minimum absolute atomic E-state index is 0.00262. The van der Waals surface area contributed by atoms with Crippen LogP contribution in [0.5, 0.6) is 5.75 Å². The van der Waals surface area contributed by atoms with Crippen LogP contribution in [0.25, 0.3) is 11.0 Å². The van der Waals surface area contributed by atoms with E-state index in [-0.39, 0.29) is 23.4 Å². The number of aryl methyl sites for hydroxylation is 1. The maximum Gasteiger partial charge on any atom is 0.276 e. The van der Waals surface area contributed by atoms with Crippen LogP contribution in [0.1, 0.15) is 39.4 Å². The molecular weight excluding hydrogens is 445 g/mol. The fourth-order valence-electron chi connectivity index (χ4n) is 4.09. The van der Waals surface area contributed by atoms with Crippen LogP contribution in [-0.4, -0.2) is 58.8 Å². The number of rotatable bonds is 6. The van der Waals surface area contributed by atoms with Gasteiger partial charge in [0.25, 0.3) is 11.8 Å². The molecule has 0 radical (unpaired) electrons. The molecule has 0 aliphatic carbocycles. The predicted molar refractivity (Wildman–Crippen MR) is 136 cm³/mol. The van der Waals surface area contributed by atoms with Crippen molar-refractivity contribution in [2.24, 2.45) is 0 Å². The number of hydrogen-bond acceptors (Lipinski definition) is 6. The number of ether oxygens (including phenoxy) is 1. The first kappa shape index (κ1) is 22.7. The van der Waals surface area contributed by atoms with E-state index < -0.39 is 11.8 Å². The fourth-order valence-corrected chi connectivity index (χ4v) is 4.09. The van der Waals surface area contributed by atoms with Crippen molar-refractivity contribution in [1.29, 1.82) is 0 Å². The highest BCUT2D eigenvalue weighted by Crippen LogP contribution is 2.23. The lowest BCUT2D eigenvalue weighted by molar-refractivity contribution is 0.0985. The molecule has 5 rings (SSSR count). The van der Waals surface area contributed by atoms with E-state index in [1.807, 2.05) is 51.2 Å². The van der Waals surface area contributed by atoms with Crippen molar-refractivity contribution in [2.45, 2.75) is 25.9 Å². The molecule has 35 heavy (non-hydrogen) atoms. The number of fused-ring (bicyclic) bond motifs is 1. The van der Waals surface area contributed by atoms with Crippen LogP contribution < -0.4 is 26.2 Å². The second kappa shape index (κ2) is 9.63. The van der Waals surface area contributed by atoms with E-state index in [1.54, 1.807) is 0 Å². The molecule has 0 bridgehead atoms. The molecule has 2 aromatic heterocycles. The molecule has 4 aromatic rings. The van der Waals surface area contributed by atoms with E-state index in [4.69, 9.17) is 4.74 Å². The molecule has 0 atom stereocenters. The minimum Gasteiger partial charge on any atom is -0.490 e. The van der Waals surface area contributed by atoms with Gasteiger partial charge in [0.2, 0.25) is 5.95 Å². The van der Waals surface area contributed by atoms with Gasteiger partial charge in [0.1, 0.15) is 25.4 Å². The minimum atomic E-state index is -0.529. The molecule has 0 spiro atoms. The Balaban J connectivity index is 1.29. The molecule has 0 unspecified atom stereocenters. The third-order valence-electron chi connectivity index (χ3n) is 6.00. The number of carbonyl (C=O) groups is 2. The van der Waals surface area contributed by atoms with Gasteiger partial charge in [0.15, 0.2) is 5.69 Å². The van der Waals surface area contributed by atoms with E-state index in [9.17, 15) is 9.59 Å². The van der Waals surface area contributed by atoms with Gasteiger partial charge in [-0.2, -0.15) is 0 Å². The van der Waals surface area contributed by atoms with Crippen LogP contribution in [-0.2, 0) is 0 Å². The largest absolute Gasteiger partial charge is 0.490 e. The first-order valence-corrected chi connectivity index (χ1v) is 11.6. The summed E-state index contributed by atoms with van der Waals surface area (Å²) < 4.78 is 6.08. The highest BCUT2D eigenvalue weighted by Gasteiger charge is 2.22. The molecule has 1 saturated heterocycles. The fraction of sp³-hybridized carbons (Fsp3) is 0.250. The quantitative estimate of drug-likeness (QED) is 0.270. The summed E-state index contributed by atoms with van der Waals surface area (Å²) in [4.78, 5) is 40.1. The van der Waals surface area contributed by atoms with Crippen LogP contribution in [0.4, 0.5) is 11.6 Å². The second-order valence-corrected chi connectivity index (χ2v) is 8.68. The van der Waals surface area contributed by atoms with Crippen LogP contribution in [0.15, 0.2) is 42.7 Å². The third-order valence-corrected chi connectivity index (χ3v) is 6.00. The number of amides is 2. The average molecular weight is 471 g/mol. The normalized spacial score (nSPS) is 14.1. The molecule has 5 N–H and O–H groups in total. The molecule has 10 nitrogen and oxygen atoms in total. The zero-order chi connectivity index (χ0) is 24.4. The number of aromatic amines is 2. The summed E-state index contributed by atoms with van der Waals surface area (Å²) in [5.74, 6) is 0.000468. The number of carbonyl (C=O) groups excluding carboxylic acids is 2. The van der Waals surface area contributed by atoms with Crippen molar-refractivity contribution in [2.75, 3.05) is 23.7 Å². The van der Waals surface area contributed by atoms with Crippen molar-refractivity contribution >= 4 is 47.8 Å². The summed E-state index contributed by atoms with van der Waals surface area (Å²) in [5, 5.41) is 8.86. The Labute approximate surface area is 202 Å². The van der Waals surface area contributed by atoms with Crippen LogP contribution in [0.2, 0.25) is 0 Å². The van der Waals surface area contributed by atoms with Gasteiger partial charge in [-0.05, 0) is 56.6 Å². The number of piperidine rings is 1. The molecule has 2 amide bonds. The van der Waals surface area contributed by atoms with Crippen molar-refractivity contribution in [3.63, 3.8) is 0 Å². The summed E-state index contributed by atoms with van der Waals surface area (Å²) in [6, 6.07) is 11.4. The summed E-state index contributed by atoms with van der Waals surface area (Å²) in [6.07, 6.45) is 3.42. The first-order chi connectivity index (χ1) is 17.0. The van der Waals surface area contributed by atoms with Gasteiger partial charge >= 0.3 is 0 Å². The Hall–Kier alpha value is -4.12. The van der Waals surface area contributed by atoms with Crippen molar-refractivity contribution in [3.8, 4) is 5.75 Å². The lowest BCUT2D eigenvalue weighted by Gasteiger charge is -2.23. The Morgan fingerprint density at radius 1 is 1.09 bits per heavy atom. The van der Waals surface area contributed by atoms with E-state index in [2.05, 4.69) is 35.9 Å². The number of imidazole rings is 2. The van der Waals surface area contributed by atoms with Gasteiger partial charge in [0.05, 0.1) is 17.4 Å². The Kier molecular flexibility index (Phi) is 6.24.